The van der Waals surface area contributed by atoms with Crippen molar-refractivity contribution in [2.45, 2.75) is 6.42 Å². The number of rotatable bonds is 2. The Kier molecular flexibility index (Phi) is 5.61. The monoisotopic (exact) mass is 356 g/mol. The molecule has 0 unspecified atom stereocenters. The highest BCUT2D eigenvalue weighted by Crippen LogP contribution is 2.13. The average Bonchev–Trinajstić information content (AvgIpc) is 2.63. The zero-order valence-electron chi connectivity index (χ0n) is 13.3. The van der Waals surface area contributed by atoms with Crippen LogP contribution in [0.4, 0.5) is 11.4 Å². The number of hydrogen-bond donors (Lipinski definition) is 2. The lowest BCUT2D eigenvalue weighted by atomic mass is 10.3. The summed E-state index contributed by atoms with van der Waals surface area (Å²) in [6.07, 6.45) is 1.02. The Balaban J connectivity index is 1.57. The molecular weight excluding hydrogens is 336 g/mol. The van der Waals surface area contributed by atoms with E-state index in [1.54, 1.807) is 0 Å². The van der Waals surface area contributed by atoms with E-state index in [0.29, 0.717) is 6.67 Å². The summed E-state index contributed by atoms with van der Waals surface area (Å²) in [5, 5.41) is 8.04. The van der Waals surface area contributed by atoms with E-state index in [-0.39, 0.29) is 0 Å². The summed E-state index contributed by atoms with van der Waals surface area (Å²) in [6.45, 7) is 2.56. The van der Waals surface area contributed by atoms with Gasteiger partial charge < -0.3 is 20.4 Å². The lowest BCUT2D eigenvalue weighted by Crippen LogP contribution is -2.51. The first-order chi connectivity index (χ1) is 11.7. The van der Waals surface area contributed by atoms with Crippen molar-refractivity contribution < 1.29 is 0 Å². The second-order valence-corrected chi connectivity index (χ2v) is 6.39. The summed E-state index contributed by atoms with van der Waals surface area (Å²) in [7, 11) is 0. The van der Waals surface area contributed by atoms with Gasteiger partial charge in [-0.05, 0) is 55.1 Å². The average molecular weight is 357 g/mol. The van der Waals surface area contributed by atoms with Crippen molar-refractivity contribution in [3.8, 4) is 0 Å². The molecule has 2 aromatic carbocycles. The Morgan fingerprint density at radius 2 is 1.12 bits per heavy atom. The smallest absolute Gasteiger partial charge is 0.174 e. The van der Waals surface area contributed by atoms with Gasteiger partial charge in [0.05, 0.1) is 6.67 Å². The predicted molar refractivity (Wildman–Crippen MR) is 108 cm³/mol. The normalized spacial score (nSPS) is 14.2. The molecule has 1 aliphatic rings. The summed E-state index contributed by atoms with van der Waals surface area (Å²) in [6, 6.07) is 20.0. The first-order valence-electron chi connectivity index (χ1n) is 7.94. The molecule has 0 spiro atoms. The van der Waals surface area contributed by atoms with Gasteiger partial charge in [0, 0.05) is 24.5 Å². The van der Waals surface area contributed by atoms with E-state index in [1.165, 1.54) is 0 Å². The van der Waals surface area contributed by atoms with Gasteiger partial charge in [0.1, 0.15) is 0 Å². The van der Waals surface area contributed by atoms with Gasteiger partial charge in [-0.3, -0.25) is 0 Å². The molecule has 24 heavy (non-hydrogen) atoms. The molecule has 6 heteroatoms. The molecule has 0 amide bonds. The SMILES string of the molecule is S=C(Nc1ccccc1)N1CCCN(C(=S)Nc2ccccc2)C1. The number of anilines is 2. The fourth-order valence-corrected chi connectivity index (χ4v) is 3.11. The molecule has 0 atom stereocenters. The van der Waals surface area contributed by atoms with Crippen LogP contribution in [0.2, 0.25) is 0 Å². The van der Waals surface area contributed by atoms with Gasteiger partial charge in [0.2, 0.25) is 0 Å². The topological polar surface area (TPSA) is 30.5 Å². The van der Waals surface area contributed by atoms with Gasteiger partial charge in [0.25, 0.3) is 0 Å². The summed E-state index contributed by atoms with van der Waals surface area (Å²) in [5.41, 5.74) is 2.01. The Hall–Kier alpha value is -2.18. The van der Waals surface area contributed by atoms with Crippen molar-refractivity contribution in [3.63, 3.8) is 0 Å². The van der Waals surface area contributed by atoms with Gasteiger partial charge in [-0.25, -0.2) is 0 Å². The van der Waals surface area contributed by atoms with E-state index >= 15 is 0 Å². The Morgan fingerprint density at radius 3 is 1.54 bits per heavy atom. The highest BCUT2D eigenvalue weighted by atomic mass is 32.1. The molecule has 0 bridgehead atoms. The van der Waals surface area contributed by atoms with Crippen LogP contribution >= 0.6 is 24.4 Å². The molecule has 1 heterocycles. The third kappa shape index (κ3) is 4.43. The molecule has 1 saturated heterocycles. The molecule has 0 aliphatic carbocycles. The number of thiocarbonyl (C=S) groups is 2. The first-order valence-corrected chi connectivity index (χ1v) is 8.76. The molecule has 2 N–H and O–H groups in total. The van der Waals surface area contributed by atoms with Gasteiger partial charge in [0.15, 0.2) is 10.2 Å². The Labute approximate surface area is 153 Å². The van der Waals surface area contributed by atoms with Crippen LogP contribution in [0, 0.1) is 0 Å². The maximum absolute atomic E-state index is 5.55. The summed E-state index contributed by atoms with van der Waals surface area (Å²) < 4.78 is 0. The van der Waals surface area contributed by atoms with Crippen LogP contribution < -0.4 is 10.6 Å². The van der Waals surface area contributed by atoms with Gasteiger partial charge in [-0.15, -0.1) is 0 Å². The third-order valence-corrected chi connectivity index (χ3v) is 4.54. The van der Waals surface area contributed by atoms with E-state index in [9.17, 15) is 0 Å². The van der Waals surface area contributed by atoms with E-state index in [2.05, 4.69) is 20.4 Å². The molecule has 3 rings (SSSR count). The highest BCUT2D eigenvalue weighted by molar-refractivity contribution is 7.80. The number of hydrogen-bond acceptors (Lipinski definition) is 2. The minimum Gasteiger partial charge on any atom is -0.333 e. The van der Waals surface area contributed by atoms with Crippen molar-refractivity contribution >= 4 is 46.0 Å². The van der Waals surface area contributed by atoms with Crippen LogP contribution in [0.1, 0.15) is 6.42 Å². The molecule has 2 aromatic rings. The zero-order valence-corrected chi connectivity index (χ0v) is 14.9. The number of nitrogens with one attached hydrogen (secondary N) is 2. The van der Waals surface area contributed by atoms with Crippen LogP contribution in [0.3, 0.4) is 0 Å². The molecule has 4 nitrogen and oxygen atoms in total. The third-order valence-electron chi connectivity index (χ3n) is 3.82. The lowest BCUT2D eigenvalue weighted by molar-refractivity contribution is 0.218. The van der Waals surface area contributed by atoms with Gasteiger partial charge in [-0.1, -0.05) is 36.4 Å². The number of benzene rings is 2. The van der Waals surface area contributed by atoms with E-state index in [0.717, 1.165) is 41.1 Å². The van der Waals surface area contributed by atoms with Crippen molar-refractivity contribution in [1.82, 2.24) is 9.80 Å². The second-order valence-electron chi connectivity index (χ2n) is 5.61. The van der Waals surface area contributed by atoms with Gasteiger partial charge >= 0.3 is 0 Å². The largest absolute Gasteiger partial charge is 0.333 e. The van der Waals surface area contributed by atoms with Crippen LogP contribution in [-0.4, -0.2) is 39.8 Å². The minimum atomic E-state index is 0.692. The van der Waals surface area contributed by atoms with Crippen molar-refractivity contribution in [2.75, 3.05) is 30.4 Å². The molecule has 1 fully saturated rings. The van der Waals surface area contributed by atoms with Crippen LogP contribution in [0.5, 0.6) is 0 Å². The molecule has 1 aliphatic heterocycles. The van der Waals surface area contributed by atoms with Crippen LogP contribution in [0.25, 0.3) is 0 Å². The summed E-state index contributed by atoms with van der Waals surface area (Å²) in [5.74, 6) is 0. The van der Waals surface area contributed by atoms with E-state index < -0.39 is 0 Å². The van der Waals surface area contributed by atoms with E-state index in [1.807, 2.05) is 60.7 Å². The van der Waals surface area contributed by atoms with Crippen LogP contribution in [0.15, 0.2) is 60.7 Å². The Morgan fingerprint density at radius 1 is 0.708 bits per heavy atom. The first kappa shape index (κ1) is 16.7. The maximum atomic E-state index is 5.55. The zero-order chi connectivity index (χ0) is 16.8. The second kappa shape index (κ2) is 8.08. The quantitative estimate of drug-likeness (QED) is 0.797. The van der Waals surface area contributed by atoms with Crippen molar-refractivity contribution in [1.29, 1.82) is 0 Å². The molecule has 0 radical (unpaired) electrons. The lowest BCUT2D eigenvalue weighted by Gasteiger charge is -2.38. The fourth-order valence-electron chi connectivity index (χ4n) is 2.58. The van der Waals surface area contributed by atoms with Crippen molar-refractivity contribution in [3.05, 3.63) is 60.7 Å². The summed E-state index contributed by atoms with van der Waals surface area (Å²) in [4.78, 5) is 4.29. The summed E-state index contributed by atoms with van der Waals surface area (Å²) >= 11 is 11.1. The van der Waals surface area contributed by atoms with Gasteiger partial charge in [-0.2, -0.15) is 0 Å². The van der Waals surface area contributed by atoms with Crippen LogP contribution in [-0.2, 0) is 0 Å². The molecular formula is C18H20N4S2. The van der Waals surface area contributed by atoms with Crippen molar-refractivity contribution in [2.24, 2.45) is 0 Å². The fraction of sp³-hybridized carbons (Fsp3) is 0.222. The maximum Gasteiger partial charge on any atom is 0.174 e. The minimum absolute atomic E-state index is 0.692. The molecule has 0 aromatic heterocycles. The molecule has 0 saturated carbocycles. The molecule has 124 valence electrons. The predicted octanol–water partition coefficient (Wildman–Crippen LogP) is 3.75. The highest BCUT2D eigenvalue weighted by Gasteiger charge is 2.21. The Bertz CT molecular complexity index is 631. The standard InChI is InChI=1S/C18H20N4S2/c23-17(19-15-8-3-1-4-9-15)21-12-7-13-22(14-21)18(24)20-16-10-5-2-6-11-16/h1-6,8-11H,7,12-14H2,(H,19,23)(H,20,24). The van der Waals surface area contributed by atoms with E-state index in [4.69, 9.17) is 24.4 Å². The number of nitrogens with zero attached hydrogens (tertiary/aromatic N) is 2. The number of para-hydroxylation sites is 2.